The van der Waals surface area contributed by atoms with Gasteiger partial charge in [0.1, 0.15) is 11.6 Å². The van der Waals surface area contributed by atoms with E-state index in [9.17, 15) is 13.6 Å². The number of benzene rings is 1. The molecule has 0 aliphatic carbocycles. The lowest BCUT2D eigenvalue weighted by Gasteiger charge is -2.14. The Balaban J connectivity index is 2.30. The number of hydrogen-bond acceptors (Lipinski definition) is 3. The molecule has 0 amide bonds. The Morgan fingerprint density at radius 1 is 1.40 bits per heavy atom. The molecule has 2 rings (SSSR count). The fourth-order valence-corrected chi connectivity index (χ4v) is 1.92. The van der Waals surface area contributed by atoms with Gasteiger partial charge >= 0.3 is 5.97 Å². The van der Waals surface area contributed by atoms with Crippen molar-refractivity contribution in [2.24, 2.45) is 0 Å². The number of carbonyl (C=O) groups is 1. The molecule has 6 heteroatoms. The molecule has 1 heterocycles. The van der Waals surface area contributed by atoms with E-state index in [0.29, 0.717) is 0 Å². The molecular formula is C14H14F2N2O2. The van der Waals surface area contributed by atoms with Crippen LogP contribution in [0.1, 0.15) is 35.9 Å². The minimum atomic E-state index is -0.635. The average molecular weight is 280 g/mol. The van der Waals surface area contributed by atoms with Gasteiger partial charge in [-0.2, -0.15) is 0 Å². The summed E-state index contributed by atoms with van der Waals surface area (Å²) in [7, 11) is 0. The molecule has 0 aliphatic rings. The number of imidazole rings is 1. The van der Waals surface area contributed by atoms with Crippen molar-refractivity contribution in [3.8, 4) is 0 Å². The summed E-state index contributed by atoms with van der Waals surface area (Å²) in [6.07, 6.45) is 2.76. The first kappa shape index (κ1) is 14.2. The van der Waals surface area contributed by atoms with Crippen molar-refractivity contribution in [2.45, 2.75) is 19.9 Å². The number of carbonyl (C=O) groups excluding carboxylic acids is 1. The molecule has 0 fully saturated rings. The molecule has 20 heavy (non-hydrogen) atoms. The zero-order valence-electron chi connectivity index (χ0n) is 11.1. The molecule has 1 atom stereocenters. The Kier molecular flexibility index (Phi) is 4.12. The van der Waals surface area contributed by atoms with Crippen molar-refractivity contribution < 1.29 is 18.3 Å². The molecule has 0 spiro atoms. The Morgan fingerprint density at radius 2 is 2.05 bits per heavy atom. The van der Waals surface area contributed by atoms with Gasteiger partial charge in [-0.05, 0) is 26.0 Å². The van der Waals surface area contributed by atoms with Crippen LogP contribution in [0.4, 0.5) is 8.78 Å². The normalized spacial score (nSPS) is 12.2. The van der Waals surface area contributed by atoms with Crippen molar-refractivity contribution in [2.75, 3.05) is 6.61 Å². The van der Waals surface area contributed by atoms with Crippen LogP contribution < -0.4 is 0 Å². The lowest BCUT2D eigenvalue weighted by atomic mass is 10.1. The SMILES string of the molecule is CCOC(=O)c1cn(C(C)c2c(F)cccc2F)cn1. The first-order valence-electron chi connectivity index (χ1n) is 6.19. The van der Waals surface area contributed by atoms with Crippen LogP contribution in [0.5, 0.6) is 0 Å². The highest BCUT2D eigenvalue weighted by Gasteiger charge is 2.19. The molecule has 0 saturated carbocycles. The highest BCUT2D eigenvalue weighted by molar-refractivity contribution is 5.86. The molecule has 106 valence electrons. The van der Waals surface area contributed by atoms with E-state index >= 15 is 0 Å². The van der Waals surface area contributed by atoms with Crippen LogP contribution in [0, 0.1) is 11.6 Å². The highest BCUT2D eigenvalue weighted by atomic mass is 19.1. The summed E-state index contributed by atoms with van der Waals surface area (Å²) in [6.45, 7) is 3.55. The lowest BCUT2D eigenvalue weighted by molar-refractivity contribution is 0.0520. The second kappa shape index (κ2) is 5.81. The number of aromatic nitrogens is 2. The average Bonchev–Trinajstić information content (AvgIpc) is 2.88. The van der Waals surface area contributed by atoms with Crippen molar-refractivity contribution in [1.82, 2.24) is 9.55 Å². The van der Waals surface area contributed by atoms with E-state index in [2.05, 4.69) is 4.98 Å². The molecule has 1 unspecified atom stereocenters. The predicted octanol–water partition coefficient (Wildman–Crippen LogP) is 2.95. The minimum Gasteiger partial charge on any atom is -0.461 e. The van der Waals surface area contributed by atoms with Gasteiger partial charge in [0.2, 0.25) is 0 Å². The smallest absolute Gasteiger partial charge is 0.358 e. The maximum Gasteiger partial charge on any atom is 0.358 e. The number of nitrogens with zero attached hydrogens (tertiary/aromatic N) is 2. The van der Waals surface area contributed by atoms with Crippen LogP contribution in [0.25, 0.3) is 0 Å². The van der Waals surface area contributed by atoms with E-state index in [1.165, 1.54) is 35.3 Å². The van der Waals surface area contributed by atoms with E-state index in [4.69, 9.17) is 4.74 Å². The van der Waals surface area contributed by atoms with Gasteiger partial charge in [-0.25, -0.2) is 18.6 Å². The Morgan fingerprint density at radius 3 is 2.65 bits per heavy atom. The third kappa shape index (κ3) is 2.68. The molecule has 0 N–H and O–H groups in total. The van der Waals surface area contributed by atoms with Crippen molar-refractivity contribution in [3.05, 3.63) is 53.6 Å². The van der Waals surface area contributed by atoms with Gasteiger partial charge in [0.15, 0.2) is 5.69 Å². The quantitative estimate of drug-likeness (QED) is 0.809. The van der Waals surface area contributed by atoms with Crippen LogP contribution >= 0.6 is 0 Å². The van der Waals surface area contributed by atoms with Crippen LogP contribution in [0.3, 0.4) is 0 Å². The Bertz CT molecular complexity index is 605. The van der Waals surface area contributed by atoms with Gasteiger partial charge in [0.25, 0.3) is 0 Å². The molecule has 0 radical (unpaired) electrons. The topological polar surface area (TPSA) is 44.1 Å². The second-order valence-electron chi connectivity index (χ2n) is 4.24. The minimum absolute atomic E-state index is 0.0692. The largest absolute Gasteiger partial charge is 0.461 e. The second-order valence-corrected chi connectivity index (χ2v) is 4.24. The summed E-state index contributed by atoms with van der Waals surface area (Å²) < 4.78 is 33.7. The Hall–Kier alpha value is -2.24. The number of ether oxygens (including phenoxy) is 1. The molecule has 2 aromatic rings. The third-order valence-electron chi connectivity index (χ3n) is 2.95. The Labute approximate surface area is 115 Å². The first-order valence-corrected chi connectivity index (χ1v) is 6.19. The zero-order chi connectivity index (χ0) is 14.7. The highest BCUT2D eigenvalue weighted by Crippen LogP contribution is 2.24. The van der Waals surface area contributed by atoms with Gasteiger partial charge in [-0.15, -0.1) is 0 Å². The maximum absolute atomic E-state index is 13.7. The molecule has 1 aromatic heterocycles. The van der Waals surface area contributed by atoms with Gasteiger partial charge in [0.05, 0.1) is 19.0 Å². The van der Waals surface area contributed by atoms with Crippen LogP contribution in [0.2, 0.25) is 0 Å². The molecule has 1 aromatic carbocycles. The van der Waals surface area contributed by atoms with Crippen molar-refractivity contribution in [1.29, 1.82) is 0 Å². The zero-order valence-corrected chi connectivity index (χ0v) is 11.1. The number of rotatable bonds is 4. The summed E-state index contributed by atoms with van der Waals surface area (Å²) in [5.74, 6) is -1.83. The number of halogens is 2. The monoisotopic (exact) mass is 280 g/mol. The molecule has 0 aliphatic heterocycles. The fraction of sp³-hybridized carbons (Fsp3) is 0.286. The van der Waals surface area contributed by atoms with E-state index in [1.54, 1.807) is 13.8 Å². The summed E-state index contributed by atoms with van der Waals surface area (Å²) in [5.41, 5.74) is 0.0377. The van der Waals surface area contributed by atoms with E-state index in [-0.39, 0.29) is 17.9 Å². The molecule has 0 saturated heterocycles. The third-order valence-corrected chi connectivity index (χ3v) is 2.95. The summed E-state index contributed by atoms with van der Waals surface area (Å²) in [4.78, 5) is 15.4. The van der Waals surface area contributed by atoms with Gasteiger partial charge in [-0.1, -0.05) is 6.07 Å². The van der Waals surface area contributed by atoms with Crippen LogP contribution in [-0.2, 0) is 4.74 Å². The van der Waals surface area contributed by atoms with E-state index in [1.807, 2.05) is 0 Å². The fourth-order valence-electron chi connectivity index (χ4n) is 1.92. The standard InChI is InChI=1S/C14H14F2N2O2/c1-3-20-14(19)12-7-18(8-17-12)9(2)13-10(15)5-4-6-11(13)16/h4-9H,3H2,1-2H3. The number of hydrogen-bond donors (Lipinski definition) is 0. The van der Waals surface area contributed by atoms with Gasteiger partial charge < -0.3 is 9.30 Å². The maximum atomic E-state index is 13.7. The summed E-state index contributed by atoms with van der Waals surface area (Å²) >= 11 is 0. The predicted molar refractivity (Wildman–Crippen MR) is 68.4 cm³/mol. The van der Waals surface area contributed by atoms with Gasteiger partial charge in [0, 0.05) is 11.8 Å². The first-order chi connectivity index (χ1) is 9.54. The summed E-state index contributed by atoms with van der Waals surface area (Å²) in [6, 6.07) is 3.07. The molecule has 0 bridgehead atoms. The van der Waals surface area contributed by atoms with Crippen molar-refractivity contribution in [3.63, 3.8) is 0 Å². The summed E-state index contributed by atoms with van der Waals surface area (Å²) in [5, 5.41) is 0. The molecule has 4 nitrogen and oxygen atoms in total. The van der Waals surface area contributed by atoms with E-state index in [0.717, 1.165) is 0 Å². The van der Waals surface area contributed by atoms with Crippen molar-refractivity contribution >= 4 is 5.97 Å². The van der Waals surface area contributed by atoms with Gasteiger partial charge in [-0.3, -0.25) is 0 Å². The number of esters is 1. The van der Waals surface area contributed by atoms with E-state index < -0.39 is 23.6 Å². The lowest BCUT2D eigenvalue weighted by Crippen LogP contribution is -2.10. The van der Waals surface area contributed by atoms with Crippen LogP contribution in [-0.4, -0.2) is 22.1 Å². The molecular weight excluding hydrogens is 266 g/mol. The van der Waals surface area contributed by atoms with Crippen LogP contribution in [0.15, 0.2) is 30.7 Å².